The molecule has 3 N–H and O–H groups in total. The summed E-state index contributed by atoms with van der Waals surface area (Å²) in [7, 11) is 0. The standard InChI is InChI=1S/C24H25F3N4O3/c25-24(26,27)34-15-1-2-17(19(28)13-15)23(32)31-9-4-14(5-10-31)16-3-8-29-22-21(16)18-6-11-33-12-7-20(18)30-22/h1-3,8,13-14H,4-7,9-12,28H2,(H,29,30). The number of amides is 1. The number of nitrogen functional groups attached to an aromatic ring is 1. The molecule has 0 aliphatic carbocycles. The SMILES string of the molecule is Nc1cc(OC(F)(F)F)ccc1C(=O)N1CCC(c2ccnc3[nH]c4c(c23)CCOCC4)CC1. The summed E-state index contributed by atoms with van der Waals surface area (Å²) in [6.45, 7) is 2.45. The fraction of sp³-hybridized carbons (Fsp3) is 0.417. The van der Waals surface area contributed by atoms with Crippen molar-refractivity contribution in [1.82, 2.24) is 14.9 Å². The zero-order chi connectivity index (χ0) is 23.9. The van der Waals surface area contributed by atoms with Crippen molar-refractivity contribution in [2.75, 3.05) is 32.0 Å². The highest BCUT2D eigenvalue weighted by atomic mass is 19.4. The topological polar surface area (TPSA) is 93.5 Å². The van der Waals surface area contributed by atoms with Gasteiger partial charge in [0.2, 0.25) is 0 Å². The molecular formula is C24H25F3N4O3. The zero-order valence-electron chi connectivity index (χ0n) is 18.5. The molecule has 0 atom stereocenters. The zero-order valence-corrected chi connectivity index (χ0v) is 18.5. The van der Waals surface area contributed by atoms with Crippen LogP contribution in [0.3, 0.4) is 0 Å². The molecular weight excluding hydrogens is 449 g/mol. The fourth-order valence-electron chi connectivity index (χ4n) is 5.03. The molecule has 3 aromatic rings. The number of rotatable bonds is 3. The second-order valence-corrected chi connectivity index (χ2v) is 8.68. The fourth-order valence-corrected chi connectivity index (χ4v) is 5.03. The predicted molar refractivity (Wildman–Crippen MR) is 120 cm³/mol. The van der Waals surface area contributed by atoms with Crippen LogP contribution in [0.1, 0.15) is 45.9 Å². The van der Waals surface area contributed by atoms with Crippen LogP contribution in [0.15, 0.2) is 30.5 Å². The summed E-state index contributed by atoms with van der Waals surface area (Å²) in [4.78, 5) is 22.7. The molecule has 1 fully saturated rings. The van der Waals surface area contributed by atoms with E-state index in [1.165, 1.54) is 28.3 Å². The summed E-state index contributed by atoms with van der Waals surface area (Å²) in [5.41, 5.74) is 10.6. The van der Waals surface area contributed by atoms with Crippen LogP contribution in [0, 0.1) is 0 Å². The quantitative estimate of drug-likeness (QED) is 0.556. The third-order valence-electron chi connectivity index (χ3n) is 6.62. The van der Waals surface area contributed by atoms with Gasteiger partial charge in [-0.25, -0.2) is 4.98 Å². The number of likely N-dealkylation sites (tertiary alicyclic amines) is 1. The smallest absolute Gasteiger partial charge is 0.406 e. The van der Waals surface area contributed by atoms with E-state index in [-0.39, 0.29) is 23.1 Å². The molecule has 5 rings (SSSR count). The number of H-pyrrole nitrogens is 1. The van der Waals surface area contributed by atoms with Gasteiger partial charge in [0, 0.05) is 48.5 Å². The Morgan fingerprint density at radius 3 is 2.68 bits per heavy atom. The number of ether oxygens (including phenoxy) is 2. The average Bonchev–Trinajstić information content (AvgIpc) is 2.99. The molecule has 2 aliphatic rings. The van der Waals surface area contributed by atoms with Gasteiger partial charge in [0.25, 0.3) is 5.91 Å². The van der Waals surface area contributed by atoms with Crippen molar-refractivity contribution in [2.24, 2.45) is 0 Å². The van der Waals surface area contributed by atoms with Crippen molar-refractivity contribution in [3.63, 3.8) is 0 Å². The Kier molecular flexibility index (Phi) is 5.85. The van der Waals surface area contributed by atoms with E-state index >= 15 is 0 Å². The van der Waals surface area contributed by atoms with Gasteiger partial charge in [-0.2, -0.15) is 0 Å². The van der Waals surface area contributed by atoms with Crippen LogP contribution in [-0.2, 0) is 17.6 Å². The van der Waals surface area contributed by atoms with Crippen molar-refractivity contribution in [3.05, 3.63) is 52.8 Å². The number of hydrogen-bond acceptors (Lipinski definition) is 5. The van der Waals surface area contributed by atoms with Crippen molar-refractivity contribution in [2.45, 2.75) is 38.0 Å². The van der Waals surface area contributed by atoms with Gasteiger partial charge < -0.3 is 25.1 Å². The molecule has 0 saturated carbocycles. The van der Waals surface area contributed by atoms with Crippen LogP contribution >= 0.6 is 0 Å². The Bertz CT molecular complexity index is 1220. The second-order valence-electron chi connectivity index (χ2n) is 8.68. The van der Waals surface area contributed by atoms with Crippen LogP contribution in [0.5, 0.6) is 5.75 Å². The van der Waals surface area contributed by atoms with Crippen molar-refractivity contribution >= 4 is 22.6 Å². The summed E-state index contributed by atoms with van der Waals surface area (Å²) in [6.07, 6.45) is 0.244. The van der Waals surface area contributed by atoms with Crippen LogP contribution in [-0.4, -0.2) is 53.4 Å². The first-order chi connectivity index (χ1) is 16.3. The van der Waals surface area contributed by atoms with Crippen molar-refractivity contribution in [1.29, 1.82) is 0 Å². The Hall–Kier alpha value is -3.27. The molecule has 7 nitrogen and oxygen atoms in total. The number of alkyl halides is 3. The van der Waals surface area contributed by atoms with E-state index in [0.29, 0.717) is 26.3 Å². The Balaban J connectivity index is 1.31. The van der Waals surface area contributed by atoms with E-state index < -0.39 is 12.1 Å². The summed E-state index contributed by atoms with van der Waals surface area (Å²) in [6, 6.07) is 5.50. The van der Waals surface area contributed by atoms with Crippen LogP contribution in [0.25, 0.3) is 11.0 Å². The first kappa shape index (κ1) is 22.5. The number of benzene rings is 1. The minimum atomic E-state index is -4.82. The molecule has 0 spiro atoms. The molecule has 10 heteroatoms. The van der Waals surface area contributed by atoms with Crippen molar-refractivity contribution in [3.8, 4) is 5.75 Å². The van der Waals surface area contributed by atoms with E-state index in [2.05, 4.69) is 20.8 Å². The van der Waals surface area contributed by atoms with Gasteiger partial charge in [-0.3, -0.25) is 4.79 Å². The van der Waals surface area contributed by atoms with E-state index in [0.717, 1.165) is 43.5 Å². The molecule has 1 amide bonds. The minimum Gasteiger partial charge on any atom is -0.406 e. The molecule has 2 aromatic heterocycles. The lowest BCUT2D eigenvalue weighted by atomic mass is 9.86. The molecule has 1 aromatic carbocycles. The van der Waals surface area contributed by atoms with Gasteiger partial charge in [0.05, 0.1) is 18.8 Å². The monoisotopic (exact) mass is 474 g/mol. The van der Waals surface area contributed by atoms with E-state index in [9.17, 15) is 18.0 Å². The molecule has 0 unspecified atom stereocenters. The second kappa shape index (κ2) is 8.83. The Labute approximate surface area is 194 Å². The number of anilines is 1. The summed E-state index contributed by atoms with van der Waals surface area (Å²) < 4.78 is 46.8. The molecule has 4 heterocycles. The van der Waals surface area contributed by atoms with Crippen LogP contribution in [0.4, 0.5) is 18.9 Å². The van der Waals surface area contributed by atoms with Gasteiger partial charge in [0.15, 0.2) is 0 Å². The number of nitrogens with two attached hydrogens (primary N) is 1. The van der Waals surface area contributed by atoms with Gasteiger partial charge >= 0.3 is 6.36 Å². The van der Waals surface area contributed by atoms with E-state index in [1.54, 1.807) is 4.90 Å². The minimum absolute atomic E-state index is 0.0399. The number of aromatic amines is 1. The number of aromatic nitrogens is 2. The lowest BCUT2D eigenvalue weighted by molar-refractivity contribution is -0.274. The molecule has 180 valence electrons. The molecule has 1 saturated heterocycles. The highest BCUT2D eigenvalue weighted by molar-refractivity contribution is 5.99. The third-order valence-corrected chi connectivity index (χ3v) is 6.62. The Morgan fingerprint density at radius 1 is 1.18 bits per heavy atom. The summed E-state index contributed by atoms with van der Waals surface area (Å²) >= 11 is 0. The lowest BCUT2D eigenvalue weighted by Crippen LogP contribution is -2.38. The highest BCUT2D eigenvalue weighted by Crippen LogP contribution is 2.36. The number of nitrogens with zero attached hydrogens (tertiary/aromatic N) is 2. The highest BCUT2D eigenvalue weighted by Gasteiger charge is 2.32. The summed E-state index contributed by atoms with van der Waals surface area (Å²) in [5.74, 6) is -0.460. The van der Waals surface area contributed by atoms with Gasteiger partial charge in [-0.15, -0.1) is 13.2 Å². The number of nitrogens with one attached hydrogen (secondary N) is 1. The van der Waals surface area contributed by atoms with Gasteiger partial charge in [0.1, 0.15) is 11.4 Å². The number of fused-ring (bicyclic) bond motifs is 3. The maximum absolute atomic E-state index is 13.0. The van der Waals surface area contributed by atoms with Crippen LogP contribution in [0.2, 0.25) is 0 Å². The third kappa shape index (κ3) is 4.42. The van der Waals surface area contributed by atoms with E-state index in [1.807, 2.05) is 6.20 Å². The lowest BCUT2D eigenvalue weighted by Gasteiger charge is -2.33. The maximum Gasteiger partial charge on any atom is 0.573 e. The first-order valence-electron chi connectivity index (χ1n) is 11.3. The average molecular weight is 474 g/mol. The number of pyridine rings is 1. The largest absolute Gasteiger partial charge is 0.573 e. The van der Waals surface area contributed by atoms with Crippen molar-refractivity contribution < 1.29 is 27.4 Å². The van der Waals surface area contributed by atoms with Gasteiger partial charge in [-0.1, -0.05) is 0 Å². The summed E-state index contributed by atoms with van der Waals surface area (Å²) in [5, 5.41) is 1.18. The molecule has 2 aliphatic heterocycles. The van der Waals surface area contributed by atoms with E-state index in [4.69, 9.17) is 10.5 Å². The van der Waals surface area contributed by atoms with Gasteiger partial charge in [-0.05, 0) is 54.5 Å². The first-order valence-corrected chi connectivity index (χ1v) is 11.3. The predicted octanol–water partition coefficient (Wildman–Crippen LogP) is 4.18. The number of piperidine rings is 1. The number of carbonyl (C=O) groups excluding carboxylic acids is 1. The molecule has 0 radical (unpaired) electrons. The molecule has 34 heavy (non-hydrogen) atoms. The normalized spacial score (nSPS) is 17.4. The number of halogens is 3. The Morgan fingerprint density at radius 2 is 1.94 bits per heavy atom. The maximum atomic E-state index is 13.0. The van der Waals surface area contributed by atoms with Crippen LogP contribution < -0.4 is 10.5 Å². The number of carbonyl (C=O) groups is 1. The molecule has 0 bridgehead atoms. The number of hydrogen-bond donors (Lipinski definition) is 2.